The van der Waals surface area contributed by atoms with Gasteiger partial charge in [-0.1, -0.05) is 51.1 Å². The maximum atomic E-state index is 12.6. The average Bonchev–Trinajstić information content (AvgIpc) is 3.18. The number of nitrogens with one attached hydrogen (secondary N) is 1. The van der Waals surface area contributed by atoms with Crippen LogP contribution in [-0.2, 0) is 22.0 Å². The van der Waals surface area contributed by atoms with Crippen LogP contribution in [0.25, 0.3) is 21.9 Å². The Hall–Kier alpha value is -2.97. The summed E-state index contributed by atoms with van der Waals surface area (Å²) in [4.78, 5) is 9.15. The highest BCUT2D eigenvalue weighted by molar-refractivity contribution is 7.89. The number of nitrogen functional groups attached to an aromatic ring is 1. The molecule has 0 radical (unpaired) electrons. The van der Waals surface area contributed by atoms with Crippen molar-refractivity contribution in [3.8, 4) is 0 Å². The number of nitrogens with two attached hydrogens (primary N) is 1. The Morgan fingerprint density at radius 2 is 1.75 bits per heavy atom. The first-order valence-corrected chi connectivity index (χ1v) is 12.2. The van der Waals surface area contributed by atoms with Gasteiger partial charge in [0.1, 0.15) is 5.52 Å². The summed E-state index contributed by atoms with van der Waals surface area (Å²) in [5, 5.41) is 1.01. The molecule has 0 aliphatic carbocycles. The second-order valence-electron chi connectivity index (χ2n) is 9.03. The Morgan fingerprint density at radius 3 is 2.47 bits per heavy atom. The predicted molar refractivity (Wildman–Crippen MR) is 129 cm³/mol. The molecule has 0 saturated heterocycles. The van der Waals surface area contributed by atoms with E-state index in [4.69, 9.17) is 5.73 Å². The van der Waals surface area contributed by atoms with E-state index >= 15 is 0 Å². The van der Waals surface area contributed by atoms with Crippen molar-refractivity contribution in [3.63, 3.8) is 0 Å². The SMILES string of the molecule is CC(C)(C)c1ccc(S(=O)(=O)NCCCCn2cnc3c(N)nc4ccccc4c32)cc1. The molecule has 4 aromatic rings. The Labute approximate surface area is 188 Å². The third-order valence-electron chi connectivity index (χ3n) is 5.63. The number of hydrogen-bond acceptors (Lipinski definition) is 5. The number of pyridine rings is 1. The molecule has 2 aromatic heterocycles. The molecule has 0 saturated carbocycles. The number of benzene rings is 2. The van der Waals surface area contributed by atoms with Crippen molar-refractivity contribution in [2.75, 3.05) is 12.3 Å². The molecule has 0 unspecified atom stereocenters. The fourth-order valence-corrected chi connectivity index (χ4v) is 4.88. The summed E-state index contributed by atoms with van der Waals surface area (Å²) in [5.41, 5.74) is 9.67. The van der Waals surface area contributed by atoms with Crippen LogP contribution in [0, 0.1) is 0 Å². The zero-order chi connectivity index (χ0) is 22.9. The first kappa shape index (κ1) is 22.2. The van der Waals surface area contributed by atoms with Crippen molar-refractivity contribution < 1.29 is 8.42 Å². The quantitative estimate of drug-likeness (QED) is 0.410. The van der Waals surface area contributed by atoms with Crippen LogP contribution >= 0.6 is 0 Å². The fraction of sp³-hybridized carbons (Fsp3) is 0.333. The number of nitrogens with zero attached hydrogens (tertiary/aromatic N) is 3. The molecule has 8 heteroatoms. The highest BCUT2D eigenvalue weighted by atomic mass is 32.2. The Balaban J connectivity index is 1.38. The smallest absolute Gasteiger partial charge is 0.240 e. The molecule has 32 heavy (non-hydrogen) atoms. The lowest BCUT2D eigenvalue weighted by atomic mass is 9.87. The first-order chi connectivity index (χ1) is 15.2. The number of para-hydroxylation sites is 1. The molecule has 168 valence electrons. The molecule has 7 nitrogen and oxygen atoms in total. The van der Waals surface area contributed by atoms with Gasteiger partial charge in [0, 0.05) is 18.5 Å². The van der Waals surface area contributed by atoms with Crippen LogP contribution in [0.2, 0.25) is 0 Å². The van der Waals surface area contributed by atoms with Gasteiger partial charge in [0.2, 0.25) is 10.0 Å². The molecule has 3 N–H and O–H groups in total. The molecule has 0 spiro atoms. The van der Waals surface area contributed by atoms with Crippen molar-refractivity contribution in [2.24, 2.45) is 0 Å². The minimum Gasteiger partial charge on any atom is -0.382 e. The number of sulfonamides is 1. The number of hydrogen-bond donors (Lipinski definition) is 2. The molecule has 0 fully saturated rings. The van der Waals surface area contributed by atoms with Crippen molar-refractivity contribution in [1.82, 2.24) is 19.3 Å². The van der Waals surface area contributed by atoms with Crippen molar-refractivity contribution >= 4 is 37.8 Å². The number of aryl methyl sites for hydroxylation is 1. The van der Waals surface area contributed by atoms with E-state index in [-0.39, 0.29) is 5.41 Å². The number of aromatic nitrogens is 3. The van der Waals surface area contributed by atoms with Crippen LogP contribution < -0.4 is 10.5 Å². The van der Waals surface area contributed by atoms with Gasteiger partial charge < -0.3 is 10.3 Å². The highest BCUT2D eigenvalue weighted by Crippen LogP contribution is 2.27. The van der Waals surface area contributed by atoms with Gasteiger partial charge in [-0.3, -0.25) is 0 Å². The van der Waals surface area contributed by atoms with Crippen LogP contribution in [0.3, 0.4) is 0 Å². The third-order valence-corrected chi connectivity index (χ3v) is 7.11. The largest absolute Gasteiger partial charge is 0.382 e. The zero-order valence-corrected chi connectivity index (χ0v) is 19.5. The van der Waals surface area contributed by atoms with Gasteiger partial charge in [-0.2, -0.15) is 0 Å². The van der Waals surface area contributed by atoms with Gasteiger partial charge in [0.05, 0.1) is 22.3 Å². The summed E-state index contributed by atoms with van der Waals surface area (Å²) in [6.45, 7) is 7.40. The summed E-state index contributed by atoms with van der Waals surface area (Å²) < 4.78 is 30.0. The summed E-state index contributed by atoms with van der Waals surface area (Å²) in [7, 11) is -3.52. The molecule has 2 heterocycles. The number of unbranched alkanes of at least 4 members (excludes halogenated alkanes) is 1. The lowest BCUT2D eigenvalue weighted by Crippen LogP contribution is -2.25. The molecular weight excluding hydrogens is 422 g/mol. The van der Waals surface area contributed by atoms with Gasteiger partial charge in [-0.05, 0) is 42.0 Å². The molecule has 0 atom stereocenters. The van der Waals surface area contributed by atoms with Crippen LogP contribution in [0.5, 0.6) is 0 Å². The Morgan fingerprint density at radius 1 is 1.03 bits per heavy atom. The number of rotatable bonds is 7. The average molecular weight is 452 g/mol. The van der Waals surface area contributed by atoms with E-state index < -0.39 is 10.0 Å². The summed E-state index contributed by atoms with van der Waals surface area (Å²) in [5.74, 6) is 0.419. The molecule has 2 aromatic carbocycles. The highest BCUT2D eigenvalue weighted by Gasteiger charge is 2.17. The minimum atomic E-state index is -3.52. The van der Waals surface area contributed by atoms with Crippen molar-refractivity contribution in [2.45, 2.75) is 50.5 Å². The number of imidazole rings is 1. The zero-order valence-electron chi connectivity index (χ0n) is 18.7. The van der Waals surface area contributed by atoms with Crippen LogP contribution in [0.15, 0.2) is 59.8 Å². The van der Waals surface area contributed by atoms with Gasteiger partial charge >= 0.3 is 0 Å². The Kier molecular flexibility index (Phi) is 5.92. The van der Waals surface area contributed by atoms with Crippen LogP contribution in [0.1, 0.15) is 39.2 Å². The van der Waals surface area contributed by atoms with E-state index in [9.17, 15) is 8.42 Å². The van der Waals surface area contributed by atoms with Gasteiger partial charge in [-0.25, -0.2) is 23.1 Å². The molecule has 0 aliphatic rings. The molecule has 0 aliphatic heterocycles. The lowest BCUT2D eigenvalue weighted by molar-refractivity contribution is 0.567. The van der Waals surface area contributed by atoms with Gasteiger partial charge in [0.15, 0.2) is 5.82 Å². The van der Waals surface area contributed by atoms with Gasteiger partial charge in [-0.15, -0.1) is 0 Å². The van der Waals surface area contributed by atoms with E-state index in [1.54, 1.807) is 18.5 Å². The Bertz CT molecular complexity index is 1350. The first-order valence-electron chi connectivity index (χ1n) is 10.8. The maximum absolute atomic E-state index is 12.6. The maximum Gasteiger partial charge on any atom is 0.240 e. The molecular formula is C24H29N5O2S. The van der Waals surface area contributed by atoms with Crippen LogP contribution in [-0.4, -0.2) is 29.5 Å². The fourth-order valence-electron chi connectivity index (χ4n) is 3.81. The number of anilines is 1. The molecule has 0 bridgehead atoms. The van der Waals surface area contributed by atoms with Crippen molar-refractivity contribution in [3.05, 3.63) is 60.4 Å². The summed E-state index contributed by atoms with van der Waals surface area (Å²) >= 11 is 0. The lowest BCUT2D eigenvalue weighted by Gasteiger charge is -2.19. The number of fused-ring (bicyclic) bond motifs is 3. The van der Waals surface area contributed by atoms with E-state index in [1.165, 1.54) is 0 Å². The van der Waals surface area contributed by atoms with Crippen molar-refractivity contribution in [1.29, 1.82) is 0 Å². The van der Waals surface area contributed by atoms with E-state index in [0.717, 1.165) is 28.4 Å². The predicted octanol–water partition coefficient (Wildman–Crippen LogP) is 4.22. The van der Waals surface area contributed by atoms with E-state index in [1.807, 2.05) is 36.4 Å². The summed E-state index contributed by atoms with van der Waals surface area (Å²) in [6.07, 6.45) is 3.28. The monoisotopic (exact) mass is 451 g/mol. The van der Waals surface area contributed by atoms with E-state index in [2.05, 4.69) is 40.0 Å². The second kappa shape index (κ2) is 8.52. The third kappa shape index (κ3) is 4.47. The molecule has 0 amide bonds. The van der Waals surface area contributed by atoms with E-state index in [0.29, 0.717) is 35.7 Å². The minimum absolute atomic E-state index is 0.0146. The second-order valence-corrected chi connectivity index (χ2v) is 10.8. The topological polar surface area (TPSA) is 103 Å². The normalized spacial score (nSPS) is 12.6. The summed E-state index contributed by atoms with van der Waals surface area (Å²) in [6, 6.07) is 15.0. The van der Waals surface area contributed by atoms with Crippen LogP contribution in [0.4, 0.5) is 5.82 Å². The standard InChI is InChI=1S/C24H29N5O2S/c1-24(2,3)17-10-12-18(13-11-17)32(30,31)27-14-6-7-15-29-16-26-21-22(29)19-8-4-5-9-20(19)28-23(21)25/h4-5,8-13,16,27H,6-7,14-15H2,1-3H3,(H2,25,28). The molecule has 4 rings (SSSR count). The van der Waals surface area contributed by atoms with Gasteiger partial charge in [0.25, 0.3) is 0 Å².